The van der Waals surface area contributed by atoms with E-state index in [1.807, 2.05) is 28.6 Å². The Morgan fingerprint density at radius 1 is 0.889 bits per heavy atom. The van der Waals surface area contributed by atoms with Crippen LogP contribution in [0.2, 0.25) is 0 Å². The van der Waals surface area contributed by atoms with Gasteiger partial charge in [0.05, 0.1) is 17.1 Å². The van der Waals surface area contributed by atoms with Crippen LogP contribution in [0, 0.1) is 16.0 Å². The van der Waals surface area contributed by atoms with Crippen molar-refractivity contribution in [1.82, 2.24) is 25.0 Å². The summed E-state index contributed by atoms with van der Waals surface area (Å²) in [6, 6.07) is 8.14. The number of alkyl halides is 2. The lowest BCUT2D eigenvalue weighted by molar-refractivity contribution is -0.0222. The zero-order valence-corrected chi connectivity index (χ0v) is 23.8. The zero-order chi connectivity index (χ0) is 25.1. The summed E-state index contributed by atoms with van der Waals surface area (Å²) >= 11 is 5.92. The molecular formula is C25H27BrF2IN7. The van der Waals surface area contributed by atoms with Gasteiger partial charge < -0.3 is 9.80 Å². The van der Waals surface area contributed by atoms with E-state index < -0.39 is 5.92 Å². The number of anilines is 2. The third-order valence-corrected chi connectivity index (χ3v) is 9.23. The van der Waals surface area contributed by atoms with Crippen molar-refractivity contribution < 1.29 is 8.78 Å². The number of benzene rings is 1. The molecule has 0 bridgehead atoms. The highest BCUT2D eigenvalue weighted by Crippen LogP contribution is 2.54. The molecule has 1 spiro atoms. The fourth-order valence-electron chi connectivity index (χ4n) is 5.26. The van der Waals surface area contributed by atoms with E-state index in [1.165, 1.54) is 25.7 Å². The third kappa shape index (κ3) is 4.72. The van der Waals surface area contributed by atoms with Crippen molar-refractivity contribution in [2.45, 2.75) is 51.4 Å². The van der Waals surface area contributed by atoms with Gasteiger partial charge in [0.25, 0.3) is 5.92 Å². The Hall–Kier alpha value is -1.89. The molecule has 11 heteroatoms. The molecule has 0 unspecified atom stereocenters. The Morgan fingerprint density at radius 3 is 2.28 bits per heavy atom. The van der Waals surface area contributed by atoms with Crippen LogP contribution >= 0.6 is 38.5 Å². The lowest BCUT2D eigenvalue weighted by Gasteiger charge is -2.35. The topological polar surface area (TPSA) is 63.0 Å². The first kappa shape index (κ1) is 24.4. The van der Waals surface area contributed by atoms with Crippen LogP contribution < -0.4 is 9.80 Å². The molecule has 3 fully saturated rings. The summed E-state index contributed by atoms with van der Waals surface area (Å²) in [6.07, 6.45) is 4.86. The summed E-state index contributed by atoms with van der Waals surface area (Å²) in [4.78, 5) is 13.5. The second-order valence-corrected chi connectivity index (χ2v) is 12.2. The highest BCUT2D eigenvalue weighted by atomic mass is 127. The van der Waals surface area contributed by atoms with Crippen LogP contribution in [0.4, 0.5) is 20.4 Å². The standard InChI is InChI=1S/C25H27BrF2IN7/c1-16-14-18(31-23(30-16)35-12-8-25(27,28)9-13-35)21-22(29)36(33-32-21)19-3-2-17(26)15-20(19)34-10-6-24(4-5-24)7-11-34/h2-3,14-15H,4-13H2,1H3. The number of rotatable bonds is 4. The van der Waals surface area contributed by atoms with Crippen molar-refractivity contribution in [3.8, 4) is 17.1 Å². The summed E-state index contributed by atoms with van der Waals surface area (Å²) in [5.41, 5.74) is 4.81. The van der Waals surface area contributed by atoms with E-state index in [0.29, 0.717) is 22.8 Å². The molecule has 1 saturated carbocycles. The number of piperidine rings is 2. The molecule has 2 aliphatic heterocycles. The predicted molar refractivity (Wildman–Crippen MR) is 147 cm³/mol. The highest BCUT2D eigenvalue weighted by molar-refractivity contribution is 14.1. The minimum Gasteiger partial charge on any atom is -0.370 e. The van der Waals surface area contributed by atoms with Gasteiger partial charge in [-0.1, -0.05) is 21.1 Å². The van der Waals surface area contributed by atoms with Crippen molar-refractivity contribution in [2.75, 3.05) is 36.0 Å². The SMILES string of the molecule is Cc1cc(-c2nnn(-c3ccc(Br)cc3N3CCC4(CC3)CC4)c2I)nc(N2CCC(F)(F)CC2)n1. The number of hydrogen-bond donors (Lipinski definition) is 0. The number of aryl methyl sites for hydroxylation is 1. The Labute approximate surface area is 230 Å². The quantitative estimate of drug-likeness (QED) is 0.317. The van der Waals surface area contributed by atoms with E-state index in [9.17, 15) is 8.78 Å². The molecule has 2 saturated heterocycles. The fraction of sp³-hybridized carbons (Fsp3) is 0.520. The maximum atomic E-state index is 13.7. The molecule has 2 aromatic heterocycles. The van der Waals surface area contributed by atoms with E-state index in [-0.39, 0.29) is 25.9 Å². The van der Waals surface area contributed by atoms with Crippen molar-refractivity contribution in [1.29, 1.82) is 0 Å². The highest BCUT2D eigenvalue weighted by Gasteiger charge is 2.44. The van der Waals surface area contributed by atoms with Crippen molar-refractivity contribution in [2.24, 2.45) is 5.41 Å². The van der Waals surface area contributed by atoms with Gasteiger partial charge in [-0.15, -0.1) is 5.10 Å². The van der Waals surface area contributed by atoms with E-state index in [0.717, 1.165) is 38.3 Å². The Kier molecular flexibility index (Phi) is 6.21. The van der Waals surface area contributed by atoms with E-state index in [2.05, 4.69) is 70.8 Å². The van der Waals surface area contributed by atoms with Crippen LogP contribution in [-0.2, 0) is 0 Å². The molecule has 190 valence electrons. The van der Waals surface area contributed by atoms with Gasteiger partial charge in [-0.3, -0.25) is 0 Å². The van der Waals surface area contributed by atoms with Gasteiger partial charge in [-0.2, -0.15) is 0 Å². The molecule has 0 atom stereocenters. The summed E-state index contributed by atoms with van der Waals surface area (Å²) in [7, 11) is 0. The van der Waals surface area contributed by atoms with Gasteiger partial charge in [-0.05, 0) is 84.9 Å². The molecule has 0 radical (unpaired) electrons. The number of halogens is 4. The Bertz CT molecular complexity index is 1290. The number of nitrogens with zero attached hydrogens (tertiary/aromatic N) is 7. The van der Waals surface area contributed by atoms with E-state index in [1.54, 1.807) is 0 Å². The maximum absolute atomic E-state index is 13.7. The van der Waals surface area contributed by atoms with Crippen molar-refractivity contribution >= 4 is 50.2 Å². The van der Waals surface area contributed by atoms with Crippen LogP contribution in [0.15, 0.2) is 28.7 Å². The Morgan fingerprint density at radius 2 is 1.58 bits per heavy atom. The minimum atomic E-state index is -2.61. The molecule has 4 heterocycles. The number of aromatic nitrogens is 5. The first-order valence-electron chi connectivity index (χ1n) is 12.4. The zero-order valence-electron chi connectivity index (χ0n) is 20.0. The molecule has 6 rings (SSSR count). The maximum Gasteiger partial charge on any atom is 0.251 e. The lowest BCUT2D eigenvalue weighted by atomic mass is 9.93. The van der Waals surface area contributed by atoms with Gasteiger partial charge >= 0.3 is 0 Å². The largest absolute Gasteiger partial charge is 0.370 e. The van der Waals surface area contributed by atoms with Gasteiger partial charge in [0.2, 0.25) is 5.95 Å². The summed E-state index contributed by atoms with van der Waals surface area (Å²) in [5, 5.41) is 9.02. The van der Waals surface area contributed by atoms with Gasteiger partial charge in [0.1, 0.15) is 9.39 Å². The average molecular weight is 670 g/mol. The minimum absolute atomic E-state index is 0.183. The van der Waals surface area contributed by atoms with Crippen LogP contribution in [0.3, 0.4) is 0 Å². The van der Waals surface area contributed by atoms with E-state index in [4.69, 9.17) is 4.98 Å². The molecule has 1 aliphatic carbocycles. The van der Waals surface area contributed by atoms with Crippen molar-refractivity contribution in [3.05, 3.63) is 38.1 Å². The summed E-state index contributed by atoms with van der Waals surface area (Å²) in [5.74, 6) is -2.14. The Balaban J connectivity index is 1.32. The molecule has 3 aromatic rings. The van der Waals surface area contributed by atoms with Crippen molar-refractivity contribution in [3.63, 3.8) is 0 Å². The third-order valence-electron chi connectivity index (χ3n) is 7.77. The van der Waals surface area contributed by atoms with Crippen LogP contribution in [0.25, 0.3) is 17.1 Å². The monoisotopic (exact) mass is 669 g/mol. The van der Waals surface area contributed by atoms with E-state index >= 15 is 0 Å². The smallest absolute Gasteiger partial charge is 0.251 e. The molecule has 0 N–H and O–H groups in total. The average Bonchev–Trinajstić information content (AvgIpc) is 3.49. The molecular weight excluding hydrogens is 643 g/mol. The normalized spacial score (nSPS) is 20.7. The molecule has 36 heavy (non-hydrogen) atoms. The first-order chi connectivity index (χ1) is 17.2. The predicted octanol–water partition coefficient (Wildman–Crippen LogP) is 6.02. The second-order valence-electron chi connectivity index (χ2n) is 10.3. The van der Waals surface area contributed by atoms with Gasteiger partial charge in [0.15, 0.2) is 0 Å². The van der Waals surface area contributed by atoms with Gasteiger partial charge in [0, 0.05) is 49.2 Å². The lowest BCUT2D eigenvalue weighted by Crippen LogP contribution is -2.40. The summed E-state index contributed by atoms with van der Waals surface area (Å²) in [6.45, 7) is 4.45. The van der Waals surface area contributed by atoms with Crippen LogP contribution in [0.5, 0.6) is 0 Å². The number of hydrogen-bond acceptors (Lipinski definition) is 6. The first-order valence-corrected chi connectivity index (χ1v) is 14.2. The fourth-order valence-corrected chi connectivity index (χ4v) is 6.35. The molecule has 3 aliphatic rings. The van der Waals surface area contributed by atoms with Crippen LogP contribution in [-0.4, -0.2) is 57.1 Å². The summed E-state index contributed by atoms with van der Waals surface area (Å²) < 4.78 is 31.1. The molecule has 0 amide bonds. The van der Waals surface area contributed by atoms with Gasteiger partial charge in [-0.25, -0.2) is 23.4 Å². The second kappa shape index (κ2) is 9.14. The molecule has 7 nitrogen and oxygen atoms in total. The molecule has 1 aromatic carbocycles. The van der Waals surface area contributed by atoms with Crippen LogP contribution in [0.1, 0.15) is 44.2 Å².